The molecule has 0 aliphatic rings. The third-order valence-corrected chi connectivity index (χ3v) is 5.75. The zero-order chi connectivity index (χ0) is 15.6. The Labute approximate surface area is 146 Å². The molecule has 3 nitrogen and oxygen atoms in total. The average molecular weight is 430 g/mol. The van der Waals surface area contributed by atoms with E-state index in [1.807, 2.05) is 0 Å². The molecule has 0 aliphatic carbocycles. The smallest absolute Gasteiger partial charge is 0.237 e. The molecule has 2 rings (SSSR count). The number of rotatable bonds is 4. The predicted molar refractivity (Wildman–Crippen MR) is 91.9 cm³/mol. The normalized spacial score (nSPS) is 11.4. The van der Waals surface area contributed by atoms with Crippen LogP contribution in [0.25, 0.3) is 0 Å². The Balaban J connectivity index is 2.25. The maximum Gasteiger partial charge on any atom is 0.237 e. The van der Waals surface area contributed by atoms with Gasteiger partial charge < -0.3 is 0 Å². The second-order valence-corrected chi connectivity index (χ2v) is 7.99. The molecule has 2 aromatic carbocycles. The number of anilines is 1. The summed E-state index contributed by atoms with van der Waals surface area (Å²) in [6.07, 6.45) is 0. The maximum atomic E-state index is 12.2. The molecule has 112 valence electrons. The van der Waals surface area contributed by atoms with Gasteiger partial charge in [-0.15, -0.1) is 0 Å². The molecule has 8 heteroatoms. The van der Waals surface area contributed by atoms with Crippen molar-refractivity contribution in [3.05, 3.63) is 61.5 Å². The molecule has 0 aliphatic heterocycles. The monoisotopic (exact) mass is 427 g/mol. The molecular weight excluding hydrogens is 420 g/mol. The predicted octanol–water partition coefficient (Wildman–Crippen LogP) is 5.35. The van der Waals surface area contributed by atoms with Crippen molar-refractivity contribution in [2.45, 2.75) is 5.75 Å². The summed E-state index contributed by atoms with van der Waals surface area (Å²) in [6, 6.07) is 9.61. The van der Waals surface area contributed by atoms with E-state index in [0.29, 0.717) is 30.8 Å². The summed E-state index contributed by atoms with van der Waals surface area (Å²) in [4.78, 5) is 0. The first-order valence-corrected chi connectivity index (χ1v) is 9.25. The fourth-order valence-electron chi connectivity index (χ4n) is 1.64. The lowest BCUT2D eigenvalue weighted by Crippen LogP contribution is -2.15. The number of benzene rings is 2. The Bertz CT molecular complexity index is 761. The van der Waals surface area contributed by atoms with Crippen molar-refractivity contribution in [2.24, 2.45) is 0 Å². The summed E-state index contributed by atoms with van der Waals surface area (Å²) < 4.78 is 27.5. The first kappa shape index (κ1) is 16.9. The molecule has 0 atom stereocenters. The van der Waals surface area contributed by atoms with E-state index in [0.717, 1.165) is 0 Å². The number of hydrogen-bond donors (Lipinski definition) is 1. The van der Waals surface area contributed by atoms with Gasteiger partial charge in [0.25, 0.3) is 0 Å². The molecule has 0 radical (unpaired) electrons. The molecule has 0 fully saturated rings. The van der Waals surface area contributed by atoms with Crippen LogP contribution in [0.1, 0.15) is 5.56 Å². The Kier molecular flexibility index (Phi) is 5.43. The van der Waals surface area contributed by atoms with Crippen molar-refractivity contribution in [3.8, 4) is 0 Å². The molecule has 0 saturated carbocycles. The molecule has 0 amide bonds. The standard InChI is InChI=1S/C13H9BrCl3NO2S/c14-10-5-4-8(6-13(10)17)18-21(19,20)7-9-11(15)2-1-3-12(9)16/h1-6,18H,7H2. The molecule has 0 bridgehead atoms. The lowest BCUT2D eigenvalue weighted by molar-refractivity contribution is 0.600. The van der Waals surface area contributed by atoms with Crippen LogP contribution in [-0.2, 0) is 15.8 Å². The fourth-order valence-corrected chi connectivity index (χ4v) is 4.00. The SMILES string of the molecule is O=S(=O)(Cc1c(Cl)cccc1Cl)Nc1ccc(Br)c(Cl)c1. The van der Waals surface area contributed by atoms with Gasteiger partial charge in [0.15, 0.2) is 0 Å². The van der Waals surface area contributed by atoms with Gasteiger partial charge in [-0.3, -0.25) is 4.72 Å². The topological polar surface area (TPSA) is 46.2 Å². The van der Waals surface area contributed by atoms with Crippen molar-refractivity contribution in [3.63, 3.8) is 0 Å². The van der Waals surface area contributed by atoms with Crippen LogP contribution in [0.4, 0.5) is 5.69 Å². The van der Waals surface area contributed by atoms with Crippen molar-refractivity contribution in [1.29, 1.82) is 0 Å². The van der Waals surface area contributed by atoms with Crippen molar-refractivity contribution in [1.82, 2.24) is 0 Å². The zero-order valence-electron chi connectivity index (χ0n) is 10.4. The second kappa shape index (κ2) is 6.75. The van der Waals surface area contributed by atoms with Crippen LogP contribution in [0.5, 0.6) is 0 Å². The van der Waals surface area contributed by atoms with E-state index in [1.54, 1.807) is 30.3 Å². The van der Waals surface area contributed by atoms with Gasteiger partial charge in [-0.1, -0.05) is 40.9 Å². The molecule has 0 saturated heterocycles. The second-order valence-electron chi connectivity index (χ2n) is 4.19. The highest BCUT2D eigenvalue weighted by Gasteiger charge is 2.17. The van der Waals surface area contributed by atoms with E-state index in [9.17, 15) is 8.42 Å². The molecular formula is C13H9BrCl3NO2S. The highest BCUT2D eigenvalue weighted by molar-refractivity contribution is 9.10. The van der Waals surface area contributed by atoms with E-state index in [2.05, 4.69) is 20.7 Å². The van der Waals surface area contributed by atoms with Gasteiger partial charge >= 0.3 is 0 Å². The van der Waals surface area contributed by atoms with Crippen molar-refractivity contribution in [2.75, 3.05) is 4.72 Å². The highest BCUT2D eigenvalue weighted by atomic mass is 79.9. The summed E-state index contributed by atoms with van der Waals surface area (Å²) >= 11 is 21.1. The first-order chi connectivity index (χ1) is 9.78. The van der Waals surface area contributed by atoms with Crippen molar-refractivity contribution >= 4 is 66.4 Å². The molecule has 0 heterocycles. The van der Waals surface area contributed by atoms with E-state index >= 15 is 0 Å². The molecule has 0 aromatic heterocycles. The average Bonchev–Trinajstić information content (AvgIpc) is 2.38. The fraction of sp³-hybridized carbons (Fsp3) is 0.0769. The molecule has 0 spiro atoms. The minimum atomic E-state index is -3.66. The van der Waals surface area contributed by atoms with Gasteiger partial charge in [-0.05, 0) is 46.3 Å². The largest absolute Gasteiger partial charge is 0.283 e. The summed E-state index contributed by atoms with van der Waals surface area (Å²) in [5.41, 5.74) is 0.725. The molecule has 1 N–H and O–H groups in total. The van der Waals surface area contributed by atoms with Crippen LogP contribution >= 0.6 is 50.7 Å². The molecule has 21 heavy (non-hydrogen) atoms. The van der Waals surface area contributed by atoms with Gasteiger partial charge in [0.05, 0.1) is 16.5 Å². The lowest BCUT2D eigenvalue weighted by atomic mass is 10.2. The van der Waals surface area contributed by atoms with Gasteiger partial charge in [-0.25, -0.2) is 8.42 Å². The van der Waals surface area contributed by atoms with Crippen molar-refractivity contribution < 1.29 is 8.42 Å². The van der Waals surface area contributed by atoms with E-state index in [1.165, 1.54) is 6.07 Å². The van der Waals surface area contributed by atoms with Crippen LogP contribution in [-0.4, -0.2) is 8.42 Å². The van der Waals surface area contributed by atoms with E-state index in [4.69, 9.17) is 34.8 Å². The lowest BCUT2D eigenvalue weighted by Gasteiger charge is -2.11. The summed E-state index contributed by atoms with van der Waals surface area (Å²) in [6.45, 7) is 0. The van der Waals surface area contributed by atoms with Crippen LogP contribution in [0.3, 0.4) is 0 Å². The van der Waals surface area contributed by atoms with Gasteiger partial charge in [-0.2, -0.15) is 0 Å². The van der Waals surface area contributed by atoms with Crippen LogP contribution in [0.2, 0.25) is 15.1 Å². The minimum absolute atomic E-state index is 0.307. The van der Waals surface area contributed by atoms with Gasteiger partial charge in [0.2, 0.25) is 10.0 Å². The van der Waals surface area contributed by atoms with Gasteiger partial charge in [0.1, 0.15) is 0 Å². The Morgan fingerprint density at radius 1 is 1.00 bits per heavy atom. The number of halogens is 4. The van der Waals surface area contributed by atoms with E-state index < -0.39 is 10.0 Å². The Morgan fingerprint density at radius 3 is 2.19 bits per heavy atom. The first-order valence-electron chi connectivity index (χ1n) is 5.67. The quantitative estimate of drug-likeness (QED) is 0.712. The van der Waals surface area contributed by atoms with Gasteiger partial charge in [0, 0.05) is 20.1 Å². The summed E-state index contributed by atoms with van der Waals surface area (Å²) in [5.74, 6) is -0.320. The van der Waals surface area contributed by atoms with E-state index in [-0.39, 0.29) is 5.75 Å². The number of sulfonamides is 1. The summed E-state index contributed by atoms with van der Waals surface area (Å²) in [7, 11) is -3.66. The zero-order valence-corrected chi connectivity index (χ0v) is 15.1. The number of nitrogens with one attached hydrogen (secondary N) is 1. The summed E-state index contributed by atoms with van der Waals surface area (Å²) in [5, 5.41) is 1.02. The minimum Gasteiger partial charge on any atom is -0.283 e. The number of hydrogen-bond acceptors (Lipinski definition) is 2. The maximum absolute atomic E-state index is 12.2. The Hall–Kier alpha value is -0.460. The Morgan fingerprint density at radius 2 is 1.62 bits per heavy atom. The molecule has 0 unspecified atom stereocenters. The third kappa shape index (κ3) is 4.50. The van der Waals surface area contributed by atoms with Crippen LogP contribution < -0.4 is 4.72 Å². The van der Waals surface area contributed by atoms with Crippen LogP contribution in [0.15, 0.2) is 40.9 Å². The molecule has 2 aromatic rings. The highest BCUT2D eigenvalue weighted by Crippen LogP contribution is 2.29. The third-order valence-electron chi connectivity index (χ3n) is 2.59. The van der Waals surface area contributed by atoms with Crippen LogP contribution in [0, 0.1) is 0 Å².